The van der Waals surface area contributed by atoms with Crippen molar-refractivity contribution in [1.29, 1.82) is 0 Å². The number of carbonyl (C=O) groups excluding carboxylic acids is 1. The van der Waals surface area contributed by atoms with Crippen molar-refractivity contribution in [3.05, 3.63) is 97.6 Å². The van der Waals surface area contributed by atoms with E-state index in [0.717, 1.165) is 10.0 Å². The van der Waals surface area contributed by atoms with Crippen LogP contribution in [0.2, 0.25) is 10.0 Å². The molecule has 0 N–H and O–H groups in total. The van der Waals surface area contributed by atoms with Crippen molar-refractivity contribution in [1.82, 2.24) is 0 Å². The summed E-state index contributed by atoms with van der Waals surface area (Å²) in [5.41, 5.74) is 2.42. The van der Waals surface area contributed by atoms with Crippen LogP contribution in [0.5, 0.6) is 11.5 Å². The topological polar surface area (TPSA) is 57.1 Å². The molecule has 0 amide bonds. The molecule has 3 aromatic carbocycles. The number of aliphatic imine (C=N–C) groups is 1. The van der Waals surface area contributed by atoms with E-state index in [1.54, 1.807) is 30.3 Å². The van der Waals surface area contributed by atoms with Gasteiger partial charge < -0.3 is 14.2 Å². The van der Waals surface area contributed by atoms with E-state index in [4.69, 9.17) is 37.4 Å². The van der Waals surface area contributed by atoms with Crippen LogP contribution in [-0.2, 0) is 16.1 Å². The lowest BCUT2D eigenvalue weighted by Gasteiger charge is -2.13. The smallest absolute Gasteiger partial charge is 0.363 e. The first-order valence-electron chi connectivity index (χ1n) is 9.46. The molecule has 0 unspecified atom stereocenters. The average molecular weight is 533 g/mol. The van der Waals surface area contributed by atoms with Crippen molar-refractivity contribution in [2.45, 2.75) is 6.61 Å². The van der Waals surface area contributed by atoms with E-state index >= 15 is 0 Å². The molecule has 0 atom stereocenters. The quantitative estimate of drug-likeness (QED) is 0.262. The normalized spacial score (nSPS) is 14.3. The first-order valence-corrected chi connectivity index (χ1v) is 11.0. The fraction of sp³-hybridized carbons (Fsp3) is 0.0833. The highest BCUT2D eigenvalue weighted by atomic mass is 79.9. The molecular formula is C24H16BrCl2NO4. The van der Waals surface area contributed by atoms with E-state index in [2.05, 4.69) is 20.9 Å². The van der Waals surface area contributed by atoms with Crippen LogP contribution in [-0.4, -0.2) is 19.0 Å². The summed E-state index contributed by atoms with van der Waals surface area (Å²) in [5, 5.41) is 0.992. The van der Waals surface area contributed by atoms with E-state index in [1.165, 1.54) is 7.11 Å². The van der Waals surface area contributed by atoms with Gasteiger partial charge in [-0.05, 0) is 65.7 Å². The number of hydrogen-bond acceptors (Lipinski definition) is 5. The number of halogens is 3. The summed E-state index contributed by atoms with van der Waals surface area (Å²) in [5.74, 6) is 0.539. The zero-order chi connectivity index (χ0) is 22.7. The SMILES string of the molecule is COc1cc(/C=C2\N=C(c3ccc(Br)cc3)OC2=O)cc(Cl)c1OCc1ccc(Cl)cc1. The molecule has 0 radical (unpaired) electrons. The van der Waals surface area contributed by atoms with Crippen LogP contribution in [0.15, 0.2) is 75.8 Å². The van der Waals surface area contributed by atoms with Gasteiger partial charge in [0.1, 0.15) is 6.61 Å². The third-order valence-electron chi connectivity index (χ3n) is 4.56. The summed E-state index contributed by atoms with van der Waals surface area (Å²) >= 11 is 15.7. The summed E-state index contributed by atoms with van der Waals surface area (Å²) < 4.78 is 17.5. The molecule has 5 nitrogen and oxygen atoms in total. The molecule has 0 bridgehead atoms. The standard InChI is InChI=1S/C24H16BrCl2NO4/c1-30-21-12-15(10-19(27)22(21)31-13-14-2-8-18(26)9-3-14)11-20-24(29)32-23(28-20)16-4-6-17(25)7-5-16/h2-12H,13H2,1H3/b20-11-. The molecule has 0 aromatic heterocycles. The molecule has 0 fully saturated rings. The highest BCUT2D eigenvalue weighted by Crippen LogP contribution is 2.38. The lowest BCUT2D eigenvalue weighted by molar-refractivity contribution is -0.129. The predicted octanol–water partition coefficient (Wildman–Crippen LogP) is 6.69. The van der Waals surface area contributed by atoms with Crippen LogP contribution < -0.4 is 9.47 Å². The zero-order valence-corrected chi connectivity index (χ0v) is 19.9. The lowest BCUT2D eigenvalue weighted by atomic mass is 10.1. The van der Waals surface area contributed by atoms with Gasteiger partial charge in [-0.15, -0.1) is 0 Å². The Hall–Kier alpha value is -2.80. The molecule has 1 aliphatic heterocycles. The third-order valence-corrected chi connectivity index (χ3v) is 5.62. The number of hydrogen-bond donors (Lipinski definition) is 0. The Morgan fingerprint density at radius 1 is 1.06 bits per heavy atom. The number of nitrogens with zero attached hydrogens (tertiary/aromatic N) is 1. The maximum atomic E-state index is 12.3. The Bertz CT molecular complexity index is 1220. The Morgan fingerprint density at radius 3 is 2.47 bits per heavy atom. The van der Waals surface area contributed by atoms with Crippen molar-refractivity contribution in [2.24, 2.45) is 4.99 Å². The Morgan fingerprint density at radius 2 is 1.78 bits per heavy atom. The molecule has 3 aromatic rings. The molecule has 0 spiro atoms. The molecule has 4 rings (SSSR count). The second-order valence-electron chi connectivity index (χ2n) is 6.79. The van der Waals surface area contributed by atoms with E-state index in [0.29, 0.717) is 39.3 Å². The van der Waals surface area contributed by atoms with Crippen molar-refractivity contribution in [3.63, 3.8) is 0 Å². The van der Waals surface area contributed by atoms with Gasteiger partial charge >= 0.3 is 5.97 Å². The molecule has 0 saturated carbocycles. The van der Waals surface area contributed by atoms with Gasteiger partial charge in [-0.2, -0.15) is 0 Å². The number of benzene rings is 3. The number of cyclic esters (lactones) is 1. The van der Waals surface area contributed by atoms with Gasteiger partial charge in [-0.3, -0.25) is 0 Å². The zero-order valence-electron chi connectivity index (χ0n) is 16.8. The molecule has 1 heterocycles. The van der Waals surface area contributed by atoms with E-state index in [1.807, 2.05) is 36.4 Å². The Labute approximate surface area is 203 Å². The fourth-order valence-corrected chi connectivity index (χ4v) is 3.65. The van der Waals surface area contributed by atoms with Gasteiger partial charge in [-0.25, -0.2) is 9.79 Å². The molecule has 32 heavy (non-hydrogen) atoms. The highest BCUT2D eigenvalue weighted by Gasteiger charge is 2.24. The Balaban J connectivity index is 1.58. The van der Waals surface area contributed by atoms with E-state index in [-0.39, 0.29) is 11.6 Å². The first-order chi connectivity index (χ1) is 15.4. The highest BCUT2D eigenvalue weighted by molar-refractivity contribution is 9.10. The van der Waals surface area contributed by atoms with Crippen molar-refractivity contribution in [2.75, 3.05) is 7.11 Å². The summed E-state index contributed by atoms with van der Waals surface area (Å²) in [6, 6.07) is 18.0. The van der Waals surface area contributed by atoms with Gasteiger partial charge in [-0.1, -0.05) is 51.3 Å². The number of esters is 1. The number of methoxy groups -OCH3 is 1. The summed E-state index contributed by atoms with van der Waals surface area (Å²) in [7, 11) is 1.52. The summed E-state index contributed by atoms with van der Waals surface area (Å²) in [6.07, 6.45) is 1.59. The minimum Gasteiger partial charge on any atom is -0.493 e. The maximum absolute atomic E-state index is 12.3. The Kier molecular flexibility index (Phi) is 6.84. The summed E-state index contributed by atoms with van der Waals surface area (Å²) in [6.45, 7) is 0.293. The van der Waals surface area contributed by atoms with Crippen LogP contribution in [0.4, 0.5) is 0 Å². The van der Waals surface area contributed by atoms with Crippen LogP contribution in [0.25, 0.3) is 6.08 Å². The second kappa shape index (κ2) is 9.77. The molecule has 0 saturated heterocycles. The van der Waals surface area contributed by atoms with E-state index in [9.17, 15) is 4.79 Å². The van der Waals surface area contributed by atoms with Gasteiger partial charge in [0.15, 0.2) is 17.2 Å². The third kappa shape index (κ3) is 5.15. The van der Waals surface area contributed by atoms with Gasteiger partial charge in [0.05, 0.1) is 12.1 Å². The molecule has 0 aliphatic carbocycles. The minimum absolute atomic E-state index is 0.163. The monoisotopic (exact) mass is 531 g/mol. The van der Waals surface area contributed by atoms with Crippen molar-refractivity contribution >= 4 is 57.1 Å². The van der Waals surface area contributed by atoms with Gasteiger partial charge in [0.25, 0.3) is 0 Å². The predicted molar refractivity (Wildman–Crippen MR) is 129 cm³/mol. The fourth-order valence-electron chi connectivity index (χ4n) is 2.98. The molecule has 1 aliphatic rings. The minimum atomic E-state index is -0.541. The number of ether oxygens (including phenoxy) is 3. The van der Waals surface area contributed by atoms with Crippen LogP contribution in [0.1, 0.15) is 16.7 Å². The molecule has 162 valence electrons. The van der Waals surface area contributed by atoms with Crippen LogP contribution >= 0.6 is 39.1 Å². The van der Waals surface area contributed by atoms with Crippen LogP contribution in [0.3, 0.4) is 0 Å². The van der Waals surface area contributed by atoms with Gasteiger partial charge in [0, 0.05) is 15.1 Å². The van der Waals surface area contributed by atoms with Crippen LogP contribution in [0, 0.1) is 0 Å². The number of rotatable bonds is 6. The average Bonchev–Trinajstić information content (AvgIpc) is 3.14. The largest absolute Gasteiger partial charge is 0.493 e. The van der Waals surface area contributed by atoms with Gasteiger partial charge in [0.2, 0.25) is 5.90 Å². The summed E-state index contributed by atoms with van der Waals surface area (Å²) in [4.78, 5) is 16.6. The lowest BCUT2D eigenvalue weighted by Crippen LogP contribution is -2.05. The first kappa shape index (κ1) is 22.4. The second-order valence-corrected chi connectivity index (χ2v) is 8.55. The van der Waals surface area contributed by atoms with E-state index < -0.39 is 5.97 Å². The molecule has 8 heteroatoms. The maximum Gasteiger partial charge on any atom is 0.363 e. The van der Waals surface area contributed by atoms with Crippen molar-refractivity contribution in [3.8, 4) is 11.5 Å². The molecular weight excluding hydrogens is 517 g/mol. The van der Waals surface area contributed by atoms with Crippen molar-refractivity contribution < 1.29 is 19.0 Å². The number of carbonyl (C=O) groups is 1.